The molecule has 0 heterocycles. The van der Waals surface area contributed by atoms with Crippen LogP contribution in [-0.4, -0.2) is 45.4 Å². The zero-order valence-electron chi connectivity index (χ0n) is 15.1. The molecule has 0 fully saturated rings. The minimum atomic E-state index is -3.63. The van der Waals surface area contributed by atoms with Crippen molar-refractivity contribution in [2.24, 2.45) is 0 Å². The van der Waals surface area contributed by atoms with Crippen LogP contribution in [0.25, 0.3) is 0 Å². The van der Waals surface area contributed by atoms with Crippen molar-refractivity contribution < 1.29 is 13.2 Å². The molecule has 140 valence electrons. The summed E-state index contributed by atoms with van der Waals surface area (Å²) < 4.78 is 27.1. The van der Waals surface area contributed by atoms with Crippen molar-refractivity contribution in [1.82, 2.24) is 10.2 Å². The minimum absolute atomic E-state index is 0.172. The van der Waals surface area contributed by atoms with E-state index in [2.05, 4.69) is 28.8 Å². The fourth-order valence-electron chi connectivity index (χ4n) is 2.47. The average molecular weight is 375 g/mol. The molecule has 2 aromatic carbocycles. The van der Waals surface area contributed by atoms with Gasteiger partial charge in [-0.05, 0) is 49.5 Å². The van der Waals surface area contributed by atoms with Gasteiger partial charge in [-0.3, -0.25) is 9.52 Å². The molecular weight excluding hydrogens is 350 g/mol. The van der Waals surface area contributed by atoms with Gasteiger partial charge in [0.05, 0.1) is 4.90 Å². The van der Waals surface area contributed by atoms with Crippen LogP contribution in [0.1, 0.15) is 24.2 Å². The molecule has 0 radical (unpaired) electrons. The number of benzene rings is 2. The number of rotatable bonds is 9. The van der Waals surface area contributed by atoms with E-state index in [4.69, 9.17) is 0 Å². The van der Waals surface area contributed by atoms with E-state index >= 15 is 0 Å². The third kappa shape index (κ3) is 5.57. The highest BCUT2D eigenvalue weighted by molar-refractivity contribution is 7.92. The number of hydrogen-bond donors (Lipinski definition) is 2. The molecule has 0 bridgehead atoms. The number of anilines is 1. The molecular formula is C19H25N3O3S. The molecule has 0 aromatic heterocycles. The molecule has 0 aliphatic rings. The lowest BCUT2D eigenvalue weighted by Crippen LogP contribution is -2.34. The lowest BCUT2D eigenvalue weighted by Gasteiger charge is -2.18. The Balaban J connectivity index is 1.94. The van der Waals surface area contributed by atoms with Gasteiger partial charge in [-0.1, -0.05) is 32.0 Å². The summed E-state index contributed by atoms with van der Waals surface area (Å²) in [6.07, 6.45) is 0. The zero-order chi connectivity index (χ0) is 19.0. The molecule has 2 N–H and O–H groups in total. The van der Waals surface area contributed by atoms with Gasteiger partial charge < -0.3 is 10.2 Å². The molecule has 6 nitrogen and oxygen atoms in total. The molecule has 0 saturated heterocycles. The van der Waals surface area contributed by atoms with E-state index in [-0.39, 0.29) is 10.8 Å². The van der Waals surface area contributed by atoms with Crippen LogP contribution in [0.2, 0.25) is 0 Å². The van der Waals surface area contributed by atoms with Crippen LogP contribution in [0.4, 0.5) is 5.69 Å². The average Bonchev–Trinajstić information content (AvgIpc) is 2.66. The third-order valence-corrected chi connectivity index (χ3v) is 5.46. The molecule has 2 rings (SSSR count). The summed E-state index contributed by atoms with van der Waals surface area (Å²) in [6.45, 7) is 7.43. The van der Waals surface area contributed by atoms with Gasteiger partial charge in [-0.25, -0.2) is 8.42 Å². The van der Waals surface area contributed by atoms with Crippen LogP contribution in [0.5, 0.6) is 0 Å². The van der Waals surface area contributed by atoms with Gasteiger partial charge in [0.25, 0.3) is 15.9 Å². The first kappa shape index (κ1) is 19.9. The summed E-state index contributed by atoms with van der Waals surface area (Å²) in [4.78, 5) is 14.6. The number of carbonyl (C=O) groups excluding carboxylic acids is 1. The first-order valence-electron chi connectivity index (χ1n) is 8.64. The fraction of sp³-hybridized carbons (Fsp3) is 0.316. The number of sulfonamides is 1. The number of likely N-dealkylation sites (N-methyl/N-ethyl adjacent to an activating group) is 1. The Hall–Kier alpha value is -2.38. The van der Waals surface area contributed by atoms with Crippen LogP contribution in [0.15, 0.2) is 59.5 Å². The van der Waals surface area contributed by atoms with E-state index in [1.165, 1.54) is 12.1 Å². The van der Waals surface area contributed by atoms with Crippen molar-refractivity contribution in [3.8, 4) is 0 Å². The number of amides is 1. The summed E-state index contributed by atoms with van der Waals surface area (Å²) in [5.74, 6) is -0.172. The van der Waals surface area contributed by atoms with Crippen molar-refractivity contribution in [1.29, 1.82) is 0 Å². The predicted molar refractivity (Wildman–Crippen MR) is 104 cm³/mol. The summed E-state index contributed by atoms with van der Waals surface area (Å²) in [5.41, 5.74) is 0.903. The Morgan fingerprint density at radius 3 is 2.15 bits per heavy atom. The lowest BCUT2D eigenvalue weighted by molar-refractivity contribution is 0.0949. The topological polar surface area (TPSA) is 78.5 Å². The highest BCUT2D eigenvalue weighted by atomic mass is 32.2. The van der Waals surface area contributed by atoms with Crippen LogP contribution in [0, 0.1) is 0 Å². The van der Waals surface area contributed by atoms with E-state index < -0.39 is 10.0 Å². The van der Waals surface area contributed by atoms with Crippen LogP contribution in [-0.2, 0) is 10.0 Å². The normalized spacial score (nSPS) is 11.3. The molecule has 26 heavy (non-hydrogen) atoms. The molecule has 0 aliphatic carbocycles. The molecule has 0 spiro atoms. The van der Waals surface area contributed by atoms with E-state index in [0.29, 0.717) is 17.8 Å². The first-order chi connectivity index (χ1) is 12.5. The van der Waals surface area contributed by atoms with Gasteiger partial charge in [-0.2, -0.15) is 0 Å². The zero-order valence-corrected chi connectivity index (χ0v) is 15.9. The number of nitrogens with zero attached hydrogens (tertiary/aromatic N) is 1. The van der Waals surface area contributed by atoms with Crippen LogP contribution < -0.4 is 10.0 Å². The lowest BCUT2D eigenvalue weighted by atomic mass is 10.2. The standard InChI is InChI=1S/C19H25N3O3S/c1-3-22(4-2)15-14-20-19(23)16-10-12-17(13-11-16)21-26(24,25)18-8-6-5-7-9-18/h5-13,21H,3-4,14-15H2,1-2H3,(H,20,23). The van der Waals surface area contributed by atoms with Crippen LogP contribution in [0.3, 0.4) is 0 Å². The van der Waals surface area contributed by atoms with Crippen molar-refractivity contribution >= 4 is 21.6 Å². The van der Waals surface area contributed by atoms with Crippen molar-refractivity contribution in [3.63, 3.8) is 0 Å². The van der Waals surface area contributed by atoms with Gasteiger partial charge in [0.15, 0.2) is 0 Å². The summed E-state index contributed by atoms with van der Waals surface area (Å²) in [6, 6.07) is 14.5. The Labute approximate surface area is 155 Å². The van der Waals surface area contributed by atoms with Crippen LogP contribution >= 0.6 is 0 Å². The summed E-state index contributed by atoms with van der Waals surface area (Å²) in [7, 11) is -3.63. The maximum atomic E-state index is 12.3. The molecule has 0 unspecified atom stereocenters. The Morgan fingerprint density at radius 1 is 0.962 bits per heavy atom. The van der Waals surface area contributed by atoms with Crippen molar-refractivity contribution in [2.75, 3.05) is 30.9 Å². The van der Waals surface area contributed by atoms with Gasteiger partial charge in [0, 0.05) is 24.3 Å². The highest BCUT2D eigenvalue weighted by Crippen LogP contribution is 2.16. The number of carbonyl (C=O) groups is 1. The second-order valence-electron chi connectivity index (χ2n) is 5.78. The largest absolute Gasteiger partial charge is 0.351 e. The molecule has 1 amide bonds. The van der Waals surface area contributed by atoms with Crippen molar-refractivity contribution in [2.45, 2.75) is 18.7 Å². The second-order valence-corrected chi connectivity index (χ2v) is 7.46. The number of nitrogens with one attached hydrogen (secondary N) is 2. The molecule has 0 saturated carbocycles. The van der Waals surface area contributed by atoms with Gasteiger partial charge in [-0.15, -0.1) is 0 Å². The Morgan fingerprint density at radius 2 is 1.58 bits per heavy atom. The smallest absolute Gasteiger partial charge is 0.261 e. The SMILES string of the molecule is CCN(CC)CCNC(=O)c1ccc(NS(=O)(=O)c2ccccc2)cc1. The molecule has 0 atom stereocenters. The monoisotopic (exact) mass is 375 g/mol. The minimum Gasteiger partial charge on any atom is -0.351 e. The Kier molecular flexibility index (Phi) is 7.17. The van der Waals surface area contributed by atoms with Gasteiger partial charge in [0.2, 0.25) is 0 Å². The predicted octanol–water partition coefficient (Wildman–Crippen LogP) is 2.56. The first-order valence-corrected chi connectivity index (χ1v) is 10.1. The highest BCUT2D eigenvalue weighted by Gasteiger charge is 2.13. The molecule has 2 aromatic rings. The quantitative estimate of drug-likeness (QED) is 0.706. The summed E-state index contributed by atoms with van der Waals surface area (Å²) >= 11 is 0. The van der Waals surface area contributed by atoms with E-state index in [9.17, 15) is 13.2 Å². The van der Waals surface area contributed by atoms with E-state index in [1.807, 2.05) is 0 Å². The van der Waals surface area contributed by atoms with E-state index in [0.717, 1.165) is 19.6 Å². The maximum Gasteiger partial charge on any atom is 0.261 e. The third-order valence-electron chi connectivity index (χ3n) is 4.06. The van der Waals surface area contributed by atoms with E-state index in [1.54, 1.807) is 42.5 Å². The van der Waals surface area contributed by atoms with Gasteiger partial charge in [0.1, 0.15) is 0 Å². The Bertz CT molecular complexity index is 802. The summed E-state index contributed by atoms with van der Waals surface area (Å²) in [5, 5.41) is 2.87. The van der Waals surface area contributed by atoms with Gasteiger partial charge >= 0.3 is 0 Å². The van der Waals surface area contributed by atoms with Crippen molar-refractivity contribution in [3.05, 3.63) is 60.2 Å². The molecule has 7 heteroatoms. The maximum absolute atomic E-state index is 12.3. The molecule has 0 aliphatic heterocycles. The second kappa shape index (κ2) is 9.35. The number of hydrogen-bond acceptors (Lipinski definition) is 4. The fourth-order valence-corrected chi connectivity index (χ4v) is 3.55.